The lowest BCUT2D eigenvalue weighted by Gasteiger charge is -2.26. The summed E-state index contributed by atoms with van der Waals surface area (Å²) in [5.41, 5.74) is 0. The van der Waals surface area contributed by atoms with Gasteiger partial charge in [-0.2, -0.15) is 0 Å². The Morgan fingerprint density at radius 1 is 1.57 bits per heavy atom. The molecule has 1 aliphatic rings. The van der Waals surface area contributed by atoms with E-state index in [0.29, 0.717) is 25.2 Å². The summed E-state index contributed by atoms with van der Waals surface area (Å²) in [5.74, 6) is 0.407. The number of carbonyl (C=O) groups excluding carboxylic acids is 2. The molecule has 0 radical (unpaired) electrons. The van der Waals surface area contributed by atoms with Crippen molar-refractivity contribution < 1.29 is 9.59 Å². The van der Waals surface area contributed by atoms with E-state index in [1.54, 1.807) is 0 Å². The molecular weight excluding hydrogens is 180 g/mol. The van der Waals surface area contributed by atoms with Crippen LogP contribution < -0.4 is 5.32 Å². The molecule has 0 aromatic carbocycles. The van der Waals surface area contributed by atoms with E-state index in [4.69, 9.17) is 0 Å². The zero-order valence-electron chi connectivity index (χ0n) is 8.71. The van der Waals surface area contributed by atoms with Crippen molar-refractivity contribution >= 4 is 11.7 Å². The van der Waals surface area contributed by atoms with Gasteiger partial charge in [0.2, 0.25) is 5.91 Å². The Balaban J connectivity index is 2.11. The lowest BCUT2D eigenvalue weighted by atomic mass is 10.1. The summed E-state index contributed by atoms with van der Waals surface area (Å²) in [4.78, 5) is 24.1. The summed E-state index contributed by atoms with van der Waals surface area (Å²) in [5, 5.41) is 2.77. The standard InChI is InChI=1S/C10H18N2O2/c1-2-9(13)4-3-6-12-7-5-11-10(14)8-12/h2-8H2,1H3,(H,11,14). The molecule has 1 saturated heterocycles. The fourth-order valence-corrected chi connectivity index (χ4v) is 1.56. The first-order chi connectivity index (χ1) is 6.72. The second-order valence-corrected chi connectivity index (χ2v) is 3.62. The van der Waals surface area contributed by atoms with Gasteiger partial charge in [0, 0.05) is 25.9 Å². The smallest absolute Gasteiger partial charge is 0.234 e. The van der Waals surface area contributed by atoms with Crippen LogP contribution in [0.4, 0.5) is 0 Å². The fourth-order valence-electron chi connectivity index (χ4n) is 1.56. The molecule has 0 aromatic rings. The minimum atomic E-state index is 0.0954. The average molecular weight is 198 g/mol. The molecule has 0 saturated carbocycles. The lowest BCUT2D eigenvalue weighted by Crippen LogP contribution is -2.47. The van der Waals surface area contributed by atoms with Gasteiger partial charge in [-0.05, 0) is 13.0 Å². The molecule has 80 valence electrons. The number of carbonyl (C=O) groups is 2. The van der Waals surface area contributed by atoms with E-state index in [0.717, 1.165) is 26.1 Å². The third-order valence-corrected chi connectivity index (χ3v) is 2.44. The maximum atomic E-state index is 11.0. The van der Waals surface area contributed by atoms with E-state index >= 15 is 0 Å². The molecular formula is C10H18N2O2. The van der Waals surface area contributed by atoms with Gasteiger partial charge in [0.15, 0.2) is 0 Å². The zero-order valence-corrected chi connectivity index (χ0v) is 8.71. The molecule has 14 heavy (non-hydrogen) atoms. The fraction of sp³-hybridized carbons (Fsp3) is 0.800. The van der Waals surface area contributed by atoms with Gasteiger partial charge >= 0.3 is 0 Å². The number of Topliss-reactive ketones (excluding diaryl/α,β-unsaturated/α-hetero) is 1. The summed E-state index contributed by atoms with van der Waals surface area (Å²) < 4.78 is 0. The number of nitrogens with one attached hydrogen (secondary N) is 1. The summed E-state index contributed by atoms with van der Waals surface area (Å²) >= 11 is 0. The summed E-state index contributed by atoms with van der Waals surface area (Å²) in [6, 6.07) is 0. The topological polar surface area (TPSA) is 49.4 Å². The Morgan fingerprint density at radius 3 is 3.00 bits per heavy atom. The van der Waals surface area contributed by atoms with Crippen molar-refractivity contribution in [2.24, 2.45) is 0 Å². The average Bonchev–Trinajstić information content (AvgIpc) is 2.17. The Labute approximate surface area is 84.7 Å². The molecule has 0 bridgehead atoms. The first-order valence-electron chi connectivity index (χ1n) is 5.23. The molecule has 0 unspecified atom stereocenters. The highest BCUT2D eigenvalue weighted by Gasteiger charge is 2.15. The predicted molar refractivity (Wildman–Crippen MR) is 54.0 cm³/mol. The van der Waals surface area contributed by atoms with Gasteiger partial charge in [-0.3, -0.25) is 14.5 Å². The second-order valence-electron chi connectivity index (χ2n) is 3.62. The van der Waals surface area contributed by atoms with Crippen molar-refractivity contribution in [3.63, 3.8) is 0 Å². The SMILES string of the molecule is CCC(=O)CCCN1CCNC(=O)C1. The van der Waals surface area contributed by atoms with Crippen molar-refractivity contribution in [1.29, 1.82) is 0 Å². The summed E-state index contributed by atoms with van der Waals surface area (Å²) in [6.45, 7) is 4.88. The van der Waals surface area contributed by atoms with E-state index in [1.165, 1.54) is 0 Å². The van der Waals surface area contributed by atoms with Crippen LogP contribution in [0.5, 0.6) is 0 Å². The molecule has 4 nitrogen and oxygen atoms in total. The molecule has 1 amide bonds. The number of piperazine rings is 1. The summed E-state index contributed by atoms with van der Waals surface area (Å²) in [7, 11) is 0. The van der Waals surface area contributed by atoms with Gasteiger partial charge < -0.3 is 5.32 Å². The number of amides is 1. The van der Waals surface area contributed by atoms with E-state index < -0.39 is 0 Å². The van der Waals surface area contributed by atoms with Gasteiger partial charge in [-0.25, -0.2) is 0 Å². The van der Waals surface area contributed by atoms with E-state index in [9.17, 15) is 9.59 Å². The van der Waals surface area contributed by atoms with Crippen LogP contribution in [0.1, 0.15) is 26.2 Å². The second kappa shape index (κ2) is 5.75. The van der Waals surface area contributed by atoms with E-state index in [1.807, 2.05) is 6.92 Å². The highest BCUT2D eigenvalue weighted by molar-refractivity contribution is 5.79. The number of hydrogen-bond donors (Lipinski definition) is 1. The molecule has 1 N–H and O–H groups in total. The van der Waals surface area contributed by atoms with E-state index in [-0.39, 0.29) is 5.91 Å². The van der Waals surface area contributed by atoms with Crippen LogP contribution in [0.2, 0.25) is 0 Å². The van der Waals surface area contributed by atoms with Gasteiger partial charge in [0.05, 0.1) is 6.54 Å². The first kappa shape index (κ1) is 11.2. The Kier molecular flexibility index (Phi) is 4.59. The normalized spacial score (nSPS) is 17.9. The van der Waals surface area contributed by atoms with Crippen LogP contribution in [0.25, 0.3) is 0 Å². The van der Waals surface area contributed by atoms with Crippen LogP contribution in [0.15, 0.2) is 0 Å². The minimum Gasteiger partial charge on any atom is -0.354 e. The Morgan fingerprint density at radius 2 is 2.36 bits per heavy atom. The molecule has 1 rings (SSSR count). The molecule has 1 aliphatic heterocycles. The maximum Gasteiger partial charge on any atom is 0.234 e. The van der Waals surface area contributed by atoms with Crippen LogP contribution in [-0.2, 0) is 9.59 Å². The molecule has 1 heterocycles. The largest absolute Gasteiger partial charge is 0.354 e. The molecule has 0 spiro atoms. The molecule has 1 fully saturated rings. The van der Waals surface area contributed by atoms with Crippen LogP contribution in [0, 0.1) is 0 Å². The van der Waals surface area contributed by atoms with Crippen molar-refractivity contribution in [2.45, 2.75) is 26.2 Å². The molecule has 0 aliphatic carbocycles. The lowest BCUT2D eigenvalue weighted by molar-refractivity contribution is -0.124. The quantitative estimate of drug-likeness (QED) is 0.685. The highest BCUT2D eigenvalue weighted by Crippen LogP contribution is 2.00. The zero-order chi connectivity index (χ0) is 10.4. The third kappa shape index (κ3) is 3.87. The van der Waals surface area contributed by atoms with Gasteiger partial charge in [0.25, 0.3) is 0 Å². The highest BCUT2D eigenvalue weighted by atomic mass is 16.2. The number of hydrogen-bond acceptors (Lipinski definition) is 3. The van der Waals surface area contributed by atoms with Crippen LogP contribution in [-0.4, -0.2) is 42.8 Å². The Hall–Kier alpha value is -0.900. The van der Waals surface area contributed by atoms with E-state index in [2.05, 4.69) is 10.2 Å². The van der Waals surface area contributed by atoms with Crippen molar-refractivity contribution in [3.05, 3.63) is 0 Å². The predicted octanol–water partition coefficient (Wildman–Crippen LogP) is 0.178. The molecule has 4 heteroatoms. The van der Waals surface area contributed by atoms with Crippen LogP contribution in [0.3, 0.4) is 0 Å². The van der Waals surface area contributed by atoms with Gasteiger partial charge in [-0.1, -0.05) is 6.92 Å². The summed E-state index contributed by atoms with van der Waals surface area (Å²) in [6.07, 6.45) is 2.15. The monoisotopic (exact) mass is 198 g/mol. The number of nitrogens with zero attached hydrogens (tertiary/aromatic N) is 1. The molecule has 0 atom stereocenters. The third-order valence-electron chi connectivity index (χ3n) is 2.44. The number of rotatable bonds is 5. The maximum absolute atomic E-state index is 11.0. The first-order valence-corrected chi connectivity index (χ1v) is 5.23. The van der Waals surface area contributed by atoms with Crippen molar-refractivity contribution in [1.82, 2.24) is 10.2 Å². The van der Waals surface area contributed by atoms with Crippen molar-refractivity contribution in [2.75, 3.05) is 26.2 Å². The van der Waals surface area contributed by atoms with Crippen LogP contribution >= 0.6 is 0 Å². The molecule has 0 aromatic heterocycles. The minimum absolute atomic E-state index is 0.0954. The van der Waals surface area contributed by atoms with Gasteiger partial charge in [-0.15, -0.1) is 0 Å². The Bertz CT molecular complexity index is 216. The van der Waals surface area contributed by atoms with Crippen molar-refractivity contribution in [3.8, 4) is 0 Å². The van der Waals surface area contributed by atoms with Gasteiger partial charge in [0.1, 0.15) is 5.78 Å². The number of ketones is 1.